The molecule has 2 N–H and O–H groups in total. The number of hydrogen-bond donors (Lipinski definition) is 1. The quantitative estimate of drug-likeness (QED) is 0.685. The molecule has 1 aromatic carbocycles. The van der Waals surface area contributed by atoms with Crippen LogP contribution in [-0.2, 0) is 17.9 Å². The van der Waals surface area contributed by atoms with E-state index >= 15 is 0 Å². The number of likely N-dealkylation sites (tertiary alicyclic amines) is 1. The van der Waals surface area contributed by atoms with E-state index in [1.54, 1.807) is 19.2 Å². The Hall–Kier alpha value is -1.62. The van der Waals surface area contributed by atoms with Gasteiger partial charge in [0.2, 0.25) is 0 Å². The summed E-state index contributed by atoms with van der Waals surface area (Å²) in [4.78, 5) is 6.57. The highest BCUT2D eigenvalue weighted by atomic mass is 19.1. The minimum absolute atomic E-state index is 0.248. The van der Waals surface area contributed by atoms with Gasteiger partial charge in [0, 0.05) is 25.8 Å². The summed E-state index contributed by atoms with van der Waals surface area (Å²) in [6, 6.07) is 4.98. The molecule has 0 radical (unpaired) electrons. The maximum atomic E-state index is 13.5. The van der Waals surface area contributed by atoms with Crippen molar-refractivity contribution in [1.29, 1.82) is 0 Å². The molecule has 0 saturated carbocycles. The Labute approximate surface area is 125 Å². The van der Waals surface area contributed by atoms with Gasteiger partial charge in [-0.25, -0.2) is 9.38 Å². The Balaban J connectivity index is 2.00. The standard InChI is InChI=1S/C16H24FN3O/c1-12-4-3-7-20(10-12)16(18)19-9-13-5-6-15(17)14(8-13)11-21-2/h5-6,8,12H,3-4,7,9-11H2,1-2H3,(H2,18,19). The molecule has 5 heteroatoms. The fraction of sp³-hybridized carbons (Fsp3) is 0.562. The first-order chi connectivity index (χ1) is 10.1. The number of hydrogen-bond acceptors (Lipinski definition) is 2. The second kappa shape index (κ2) is 7.41. The monoisotopic (exact) mass is 293 g/mol. The molecule has 0 amide bonds. The molecule has 1 unspecified atom stereocenters. The number of guanidine groups is 1. The number of ether oxygens (including phenoxy) is 1. The predicted molar refractivity (Wildman–Crippen MR) is 82.4 cm³/mol. The van der Waals surface area contributed by atoms with E-state index in [1.165, 1.54) is 12.5 Å². The van der Waals surface area contributed by atoms with Gasteiger partial charge in [0.15, 0.2) is 5.96 Å². The van der Waals surface area contributed by atoms with Gasteiger partial charge < -0.3 is 15.4 Å². The average Bonchev–Trinajstić information content (AvgIpc) is 2.48. The Morgan fingerprint density at radius 3 is 3.05 bits per heavy atom. The zero-order chi connectivity index (χ0) is 15.2. The number of benzene rings is 1. The molecule has 0 bridgehead atoms. The van der Waals surface area contributed by atoms with Gasteiger partial charge in [0.05, 0.1) is 13.2 Å². The third kappa shape index (κ3) is 4.43. The van der Waals surface area contributed by atoms with Crippen LogP contribution in [0.25, 0.3) is 0 Å². The fourth-order valence-corrected chi connectivity index (χ4v) is 2.66. The van der Waals surface area contributed by atoms with Crippen molar-refractivity contribution in [3.05, 3.63) is 35.1 Å². The predicted octanol–water partition coefficient (Wildman–Crippen LogP) is 2.52. The maximum absolute atomic E-state index is 13.5. The molecule has 21 heavy (non-hydrogen) atoms. The van der Waals surface area contributed by atoms with Crippen LogP contribution in [0.5, 0.6) is 0 Å². The Kier molecular flexibility index (Phi) is 5.56. The molecule has 2 rings (SSSR count). The van der Waals surface area contributed by atoms with Crippen molar-refractivity contribution >= 4 is 5.96 Å². The van der Waals surface area contributed by atoms with Crippen molar-refractivity contribution in [2.75, 3.05) is 20.2 Å². The molecular weight excluding hydrogens is 269 g/mol. The van der Waals surface area contributed by atoms with Gasteiger partial charge in [-0.05, 0) is 36.5 Å². The fourth-order valence-electron chi connectivity index (χ4n) is 2.66. The van der Waals surface area contributed by atoms with Gasteiger partial charge in [-0.15, -0.1) is 0 Å². The van der Waals surface area contributed by atoms with Gasteiger partial charge >= 0.3 is 0 Å². The maximum Gasteiger partial charge on any atom is 0.191 e. The van der Waals surface area contributed by atoms with E-state index < -0.39 is 0 Å². The van der Waals surface area contributed by atoms with E-state index in [-0.39, 0.29) is 12.4 Å². The Morgan fingerprint density at radius 1 is 1.52 bits per heavy atom. The van der Waals surface area contributed by atoms with Crippen LogP contribution in [0.15, 0.2) is 23.2 Å². The lowest BCUT2D eigenvalue weighted by Gasteiger charge is -2.31. The van der Waals surface area contributed by atoms with Crippen LogP contribution >= 0.6 is 0 Å². The summed E-state index contributed by atoms with van der Waals surface area (Å²) in [5.74, 6) is 0.994. The highest BCUT2D eigenvalue weighted by Gasteiger charge is 2.17. The third-order valence-electron chi connectivity index (χ3n) is 3.81. The number of halogens is 1. The van der Waals surface area contributed by atoms with Crippen LogP contribution in [-0.4, -0.2) is 31.1 Å². The lowest BCUT2D eigenvalue weighted by Crippen LogP contribution is -2.43. The van der Waals surface area contributed by atoms with Gasteiger partial charge in [-0.3, -0.25) is 0 Å². The van der Waals surface area contributed by atoms with Crippen molar-refractivity contribution in [3.8, 4) is 0 Å². The molecule has 1 saturated heterocycles. The van der Waals surface area contributed by atoms with Crippen LogP contribution in [0, 0.1) is 11.7 Å². The SMILES string of the molecule is COCc1cc(CN=C(N)N2CCCC(C)C2)ccc1F. The molecule has 0 aromatic heterocycles. The molecular formula is C16H24FN3O. The summed E-state index contributed by atoms with van der Waals surface area (Å²) in [6.07, 6.45) is 2.41. The lowest BCUT2D eigenvalue weighted by molar-refractivity contribution is 0.181. The highest BCUT2D eigenvalue weighted by Crippen LogP contribution is 2.16. The summed E-state index contributed by atoms with van der Waals surface area (Å²) in [7, 11) is 1.56. The van der Waals surface area contributed by atoms with E-state index in [4.69, 9.17) is 10.5 Å². The second-order valence-corrected chi connectivity index (χ2v) is 5.73. The number of nitrogens with zero attached hydrogens (tertiary/aromatic N) is 2. The van der Waals surface area contributed by atoms with Gasteiger partial charge in [0.1, 0.15) is 5.82 Å². The van der Waals surface area contributed by atoms with Gasteiger partial charge in [-0.2, -0.15) is 0 Å². The minimum atomic E-state index is -0.248. The summed E-state index contributed by atoms with van der Waals surface area (Å²) >= 11 is 0. The number of piperidine rings is 1. The molecule has 1 aliphatic rings. The average molecular weight is 293 g/mol. The molecule has 1 atom stereocenters. The van der Waals surface area contributed by atoms with Crippen LogP contribution in [0.2, 0.25) is 0 Å². The van der Waals surface area contributed by atoms with Gasteiger partial charge in [0.25, 0.3) is 0 Å². The Morgan fingerprint density at radius 2 is 2.33 bits per heavy atom. The zero-order valence-electron chi connectivity index (χ0n) is 12.8. The summed E-state index contributed by atoms with van der Waals surface area (Å²) in [5, 5.41) is 0. The number of rotatable bonds is 4. The number of methoxy groups -OCH3 is 1. The highest BCUT2D eigenvalue weighted by molar-refractivity contribution is 5.78. The van der Waals surface area contributed by atoms with Crippen molar-refractivity contribution in [3.63, 3.8) is 0 Å². The van der Waals surface area contributed by atoms with Crippen molar-refractivity contribution in [1.82, 2.24) is 4.90 Å². The lowest BCUT2D eigenvalue weighted by atomic mass is 10.0. The second-order valence-electron chi connectivity index (χ2n) is 5.73. The normalized spacial score (nSPS) is 19.9. The Bertz CT molecular complexity index is 504. The van der Waals surface area contributed by atoms with Crippen LogP contribution in [0.4, 0.5) is 4.39 Å². The molecule has 1 aromatic rings. The van der Waals surface area contributed by atoms with E-state index in [2.05, 4.69) is 16.8 Å². The summed E-state index contributed by atoms with van der Waals surface area (Å²) < 4.78 is 18.5. The first kappa shape index (κ1) is 15.8. The molecule has 4 nitrogen and oxygen atoms in total. The van der Waals surface area contributed by atoms with Crippen LogP contribution in [0.1, 0.15) is 30.9 Å². The van der Waals surface area contributed by atoms with Crippen LogP contribution < -0.4 is 5.73 Å². The first-order valence-corrected chi connectivity index (χ1v) is 7.41. The summed E-state index contributed by atoms with van der Waals surface area (Å²) in [5.41, 5.74) is 7.55. The zero-order valence-corrected chi connectivity index (χ0v) is 12.8. The first-order valence-electron chi connectivity index (χ1n) is 7.41. The van der Waals surface area contributed by atoms with E-state index in [0.29, 0.717) is 24.0 Å². The van der Waals surface area contributed by atoms with E-state index in [1.807, 2.05) is 0 Å². The molecule has 0 aliphatic carbocycles. The number of nitrogens with two attached hydrogens (primary N) is 1. The minimum Gasteiger partial charge on any atom is -0.380 e. The topological polar surface area (TPSA) is 50.9 Å². The van der Waals surface area contributed by atoms with Crippen molar-refractivity contribution in [2.24, 2.45) is 16.6 Å². The number of aliphatic imine (C=N–C) groups is 1. The van der Waals surface area contributed by atoms with Crippen molar-refractivity contribution in [2.45, 2.75) is 32.9 Å². The van der Waals surface area contributed by atoms with Crippen LogP contribution in [0.3, 0.4) is 0 Å². The van der Waals surface area contributed by atoms with Gasteiger partial charge in [-0.1, -0.05) is 13.0 Å². The molecule has 1 heterocycles. The third-order valence-corrected chi connectivity index (χ3v) is 3.81. The van der Waals surface area contributed by atoms with E-state index in [9.17, 15) is 4.39 Å². The molecule has 1 fully saturated rings. The largest absolute Gasteiger partial charge is 0.380 e. The molecule has 1 aliphatic heterocycles. The smallest absolute Gasteiger partial charge is 0.191 e. The van der Waals surface area contributed by atoms with E-state index in [0.717, 1.165) is 25.1 Å². The summed E-state index contributed by atoms with van der Waals surface area (Å²) in [6.45, 7) is 4.90. The molecule has 116 valence electrons. The van der Waals surface area contributed by atoms with Crippen molar-refractivity contribution < 1.29 is 9.13 Å². The molecule has 0 spiro atoms.